The fourth-order valence-electron chi connectivity index (χ4n) is 2.18. The first kappa shape index (κ1) is 16.1. The SMILES string of the molecule is Cc1ccccc1CSc1cccc(CNCC(C)C)c1. The predicted molar refractivity (Wildman–Crippen MR) is 93.7 cm³/mol. The van der Waals surface area contributed by atoms with Gasteiger partial charge in [-0.15, -0.1) is 11.8 Å². The van der Waals surface area contributed by atoms with Crippen molar-refractivity contribution in [3.63, 3.8) is 0 Å². The van der Waals surface area contributed by atoms with Crippen molar-refractivity contribution in [3.8, 4) is 0 Å². The number of aryl methyl sites for hydroxylation is 1. The van der Waals surface area contributed by atoms with Crippen molar-refractivity contribution in [2.75, 3.05) is 6.54 Å². The topological polar surface area (TPSA) is 12.0 Å². The molecule has 2 rings (SSSR count). The molecule has 0 atom stereocenters. The maximum atomic E-state index is 3.50. The number of hydrogen-bond acceptors (Lipinski definition) is 2. The predicted octanol–water partition coefficient (Wildman–Crippen LogP) is 5.03. The van der Waals surface area contributed by atoms with Crippen molar-refractivity contribution in [1.29, 1.82) is 0 Å². The Bertz CT molecular complexity index is 563. The summed E-state index contributed by atoms with van der Waals surface area (Å²) in [6.07, 6.45) is 0. The highest BCUT2D eigenvalue weighted by Crippen LogP contribution is 2.25. The smallest absolute Gasteiger partial charge is 0.0234 e. The summed E-state index contributed by atoms with van der Waals surface area (Å²) in [4.78, 5) is 1.35. The van der Waals surface area contributed by atoms with Crippen molar-refractivity contribution >= 4 is 11.8 Å². The summed E-state index contributed by atoms with van der Waals surface area (Å²) in [5.74, 6) is 1.74. The Balaban J connectivity index is 1.90. The Morgan fingerprint density at radius 3 is 2.62 bits per heavy atom. The van der Waals surface area contributed by atoms with Gasteiger partial charge in [-0.05, 0) is 48.2 Å². The summed E-state index contributed by atoms with van der Waals surface area (Å²) < 4.78 is 0. The van der Waals surface area contributed by atoms with Gasteiger partial charge >= 0.3 is 0 Å². The third-order valence-corrected chi connectivity index (χ3v) is 4.48. The first-order valence-corrected chi connectivity index (χ1v) is 8.60. The van der Waals surface area contributed by atoms with Gasteiger partial charge in [0.05, 0.1) is 0 Å². The van der Waals surface area contributed by atoms with E-state index in [2.05, 4.69) is 74.6 Å². The Labute approximate surface area is 133 Å². The van der Waals surface area contributed by atoms with Crippen LogP contribution in [0.4, 0.5) is 0 Å². The van der Waals surface area contributed by atoms with Crippen LogP contribution in [-0.4, -0.2) is 6.54 Å². The van der Waals surface area contributed by atoms with Crippen LogP contribution in [0.3, 0.4) is 0 Å². The minimum atomic E-state index is 0.698. The zero-order valence-corrected chi connectivity index (χ0v) is 14.0. The Morgan fingerprint density at radius 2 is 1.86 bits per heavy atom. The molecule has 0 unspecified atom stereocenters. The van der Waals surface area contributed by atoms with Crippen LogP contribution in [0.15, 0.2) is 53.4 Å². The molecule has 0 bridgehead atoms. The highest BCUT2D eigenvalue weighted by Gasteiger charge is 2.01. The van der Waals surface area contributed by atoms with E-state index in [0.29, 0.717) is 5.92 Å². The van der Waals surface area contributed by atoms with Gasteiger partial charge in [0.2, 0.25) is 0 Å². The van der Waals surface area contributed by atoms with Crippen LogP contribution in [0.1, 0.15) is 30.5 Å². The summed E-state index contributed by atoms with van der Waals surface area (Å²) in [7, 11) is 0. The van der Waals surface area contributed by atoms with Crippen LogP contribution in [0.2, 0.25) is 0 Å². The van der Waals surface area contributed by atoms with E-state index in [1.165, 1.54) is 21.6 Å². The van der Waals surface area contributed by atoms with Gasteiger partial charge in [0.15, 0.2) is 0 Å². The molecule has 0 aromatic heterocycles. The first-order chi connectivity index (χ1) is 10.1. The molecule has 2 aromatic carbocycles. The lowest BCUT2D eigenvalue weighted by Crippen LogP contribution is -2.18. The third-order valence-electron chi connectivity index (χ3n) is 3.44. The van der Waals surface area contributed by atoms with Crippen LogP contribution in [0.5, 0.6) is 0 Å². The summed E-state index contributed by atoms with van der Waals surface area (Å²) in [6, 6.07) is 17.5. The number of rotatable bonds is 7. The second-order valence-electron chi connectivity index (χ2n) is 5.89. The normalized spacial score (nSPS) is 11.0. The number of benzene rings is 2. The van der Waals surface area contributed by atoms with E-state index < -0.39 is 0 Å². The van der Waals surface area contributed by atoms with E-state index in [1.54, 1.807) is 0 Å². The molecule has 0 heterocycles. The molecule has 0 spiro atoms. The van der Waals surface area contributed by atoms with E-state index in [9.17, 15) is 0 Å². The molecule has 1 nitrogen and oxygen atoms in total. The van der Waals surface area contributed by atoms with Crippen molar-refractivity contribution in [2.45, 2.75) is 38.0 Å². The highest BCUT2D eigenvalue weighted by atomic mass is 32.2. The van der Waals surface area contributed by atoms with Gasteiger partial charge < -0.3 is 5.32 Å². The standard InChI is InChI=1S/C19H25NS/c1-15(2)12-20-13-17-8-6-10-19(11-17)21-14-18-9-5-4-7-16(18)3/h4-11,15,20H,12-14H2,1-3H3. The molecule has 2 heteroatoms. The maximum Gasteiger partial charge on any atom is 0.0234 e. The zero-order chi connectivity index (χ0) is 15.1. The Hall–Kier alpha value is -1.25. The van der Waals surface area contributed by atoms with Crippen LogP contribution in [-0.2, 0) is 12.3 Å². The molecule has 0 radical (unpaired) electrons. The molecule has 0 aliphatic heterocycles. The summed E-state index contributed by atoms with van der Waals surface area (Å²) in [5, 5.41) is 3.50. The lowest BCUT2D eigenvalue weighted by molar-refractivity contribution is 0.552. The molecule has 0 saturated heterocycles. The number of nitrogens with one attached hydrogen (secondary N) is 1. The molecule has 0 aliphatic rings. The van der Waals surface area contributed by atoms with Gasteiger partial charge in [-0.25, -0.2) is 0 Å². The van der Waals surface area contributed by atoms with E-state index in [4.69, 9.17) is 0 Å². The maximum absolute atomic E-state index is 3.50. The molecule has 0 saturated carbocycles. The van der Waals surface area contributed by atoms with Crippen LogP contribution >= 0.6 is 11.8 Å². The van der Waals surface area contributed by atoms with Gasteiger partial charge in [0, 0.05) is 17.2 Å². The lowest BCUT2D eigenvalue weighted by atomic mass is 10.1. The average Bonchev–Trinajstić information content (AvgIpc) is 2.46. The molecule has 2 aromatic rings. The zero-order valence-electron chi connectivity index (χ0n) is 13.2. The van der Waals surface area contributed by atoms with Gasteiger partial charge in [-0.2, -0.15) is 0 Å². The highest BCUT2D eigenvalue weighted by molar-refractivity contribution is 7.98. The fourth-order valence-corrected chi connectivity index (χ4v) is 3.24. The third kappa shape index (κ3) is 5.56. The Morgan fingerprint density at radius 1 is 1.05 bits per heavy atom. The van der Waals surface area contributed by atoms with E-state index in [-0.39, 0.29) is 0 Å². The minimum absolute atomic E-state index is 0.698. The number of hydrogen-bond donors (Lipinski definition) is 1. The summed E-state index contributed by atoms with van der Waals surface area (Å²) in [5.41, 5.74) is 4.16. The molecule has 21 heavy (non-hydrogen) atoms. The van der Waals surface area contributed by atoms with Crippen LogP contribution in [0.25, 0.3) is 0 Å². The molecule has 0 amide bonds. The van der Waals surface area contributed by atoms with Crippen LogP contribution in [0, 0.1) is 12.8 Å². The van der Waals surface area contributed by atoms with Crippen LogP contribution < -0.4 is 5.32 Å². The monoisotopic (exact) mass is 299 g/mol. The second-order valence-corrected chi connectivity index (χ2v) is 6.94. The van der Waals surface area contributed by atoms with E-state index >= 15 is 0 Å². The van der Waals surface area contributed by atoms with Gasteiger partial charge in [0.1, 0.15) is 0 Å². The van der Waals surface area contributed by atoms with Crippen molar-refractivity contribution in [3.05, 3.63) is 65.2 Å². The van der Waals surface area contributed by atoms with Crippen molar-refractivity contribution in [1.82, 2.24) is 5.32 Å². The average molecular weight is 299 g/mol. The molecule has 0 fully saturated rings. The largest absolute Gasteiger partial charge is 0.312 e. The number of thioether (sulfide) groups is 1. The quantitative estimate of drug-likeness (QED) is 0.719. The van der Waals surface area contributed by atoms with E-state index in [0.717, 1.165) is 18.8 Å². The lowest BCUT2D eigenvalue weighted by Gasteiger charge is -2.09. The molecular weight excluding hydrogens is 274 g/mol. The molecule has 112 valence electrons. The first-order valence-electron chi connectivity index (χ1n) is 7.62. The summed E-state index contributed by atoms with van der Waals surface area (Å²) in [6.45, 7) is 8.68. The van der Waals surface area contributed by atoms with Crippen molar-refractivity contribution < 1.29 is 0 Å². The van der Waals surface area contributed by atoms with Gasteiger partial charge in [0.25, 0.3) is 0 Å². The molecular formula is C19H25NS. The van der Waals surface area contributed by atoms with Crippen molar-refractivity contribution in [2.24, 2.45) is 5.92 Å². The second kappa shape index (κ2) is 8.26. The van der Waals surface area contributed by atoms with Gasteiger partial charge in [-0.3, -0.25) is 0 Å². The molecule has 1 N–H and O–H groups in total. The summed E-state index contributed by atoms with van der Waals surface area (Å²) >= 11 is 1.91. The molecule has 0 aliphatic carbocycles. The Kier molecular flexibility index (Phi) is 6.34. The minimum Gasteiger partial charge on any atom is -0.312 e. The van der Waals surface area contributed by atoms with E-state index in [1.807, 2.05) is 11.8 Å². The fraction of sp³-hybridized carbons (Fsp3) is 0.368. The van der Waals surface area contributed by atoms with Gasteiger partial charge in [-0.1, -0.05) is 50.2 Å².